The van der Waals surface area contributed by atoms with Crippen LogP contribution in [0.25, 0.3) is 0 Å². The van der Waals surface area contributed by atoms with E-state index in [-0.39, 0.29) is 6.04 Å². The highest BCUT2D eigenvalue weighted by atomic mass is 16.5. The van der Waals surface area contributed by atoms with Crippen LogP contribution >= 0.6 is 0 Å². The lowest BCUT2D eigenvalue weighted by atomic mass is 10.1. The SMILES string of the molecule is CCCNC(c1cccc(OC2CC2)c1)c1ncccn1. The number of hydrogen-bond acceptors (Lipinski definition) is 4. The third-order valence-electron chi connectivity index (χ3n) is 3.46. The molecule has 0 aliphatic heterocycles. The Balaban J connectivity index is 1.84. The summed E-state index contributed by atoms with van der Waals surface area (Å²) in [6.07, 6.45) is 7.39. The zero-order valence-electron chi connectivity index (χ0n) is 12.3. The van der Waals surface area contributed by atoms with Gasteiger partial charge in [0.25, 0.3) is 0 Å². The molecule has 4 nitrogen and oxygen atoms in total. The van der Waals surface area contributed by atoms with Crippen molar-refractivity contribution in [2.75, 3.05) is 6.54 Å². The van der Waals surface area contributed by atoms with Crippen molar-refractivity contribution >= 4 is 0 Å². The number of nitrogens with one attached hydrogen (secondary N) is 1. The summed E-state index contributed by atoms with van der Waals surface area (Å²) in [6.45, 7) is 3.08. The molecule has 0 saturated heterocycles. The molecule has 21 heavy (non-hydrogen) atoms. The second kappa shape index (κ2) is 6.68. The first-order valence-electron chi connectivity index (χ1n) is 7.63. The average Bonchev–Trinajstić information content (AvgIpc) is 3.33. The number of ether oxygens (including phenoxy) is 1. The fourth-order valence-electron chi connectivity index (χ4n) is 2.25. The van der Waals surface area contributed by atoms with Gasteiger partial charge in [-0.3, -0.25) is 0 Å². The van der Waals surface area contributed by atoms with Crippen LogP contribution < -0.4 is 10.1 Å². The largest absolute Gasteiger partial charge is 0.490 e. The van der Waals surface area contributed by atoms with E-state index in [4.69, 9.17) is 4.74 Å². The number of aromatic nitrogens is 2. The van der Waals surface area contributed by atoms with Crippen molar-refractivity contribution in [3.63, 3.8) is 0 Å². The Morgan fingerprint density at radius 1 is 1.24 bits per heavy atom. The van der Waals surface area contributed by atoms with Gasteiger partial charge in [-0.25, -0.2) is 9.97 Å². The van der Waals surface area contributed by atoms with Crippen molar-refractivity contribution in [3.05, 3.63) is 54.1 Å². The van der Waals surface area contributed by atoms with Gasteiger partial charge in [-0.15, -0.1) is 0 Å². The van der Waals surface area contributed by atoms with Gasteiger partial charge < -0.3 is 10.1 Å². The number of benzene rings is 1. The van der Waals surface area contributed by atoms with Gasteiger partial charge in [0, 0.05) is 12.4 Å². The van der Waals surface area contributed by atoms with Crippen LogP contribution in [0.1, 0.15) is 43.6 Å². The van der Waals surface area contributed by atoms with Crippen molar-refractivity contribution in [1.29, 1.82) is 0 Å². The van der Waals surface area contributed by atoms with Crippen LogP contribution in [0.5, 0.6) is 5.75 Å². The Kier molecular flexibility index (Phi) is 4.46. The van der Waals surface area contributed by atoms with Gasteiger partial charge in [-0.2, -0.15) is 0 Å². The Morgan fingerprint density at radius 2 is 2.05 bits per heavy atom. The van der Waals surface area contributed by atoms with Crippen LogP contribution in [0.3, 0.4) is 0 Å². The van der Waals surface area contributed by atoms with E-state index in [2.05, 4.69) is 34.3 Å². The predicted octanol–water partition coefficient (Wildman–Crippen LogP) is 3.11. The molecule has 1 aliphatic carbocycles. The molecule has 0 amide bonds. The molecule has 0 spiro atoms. The van der Waals surface area contributed by atoms with E-state index in [9.17, 15) is 0 Å². The Morgan fingerprint density at radius 3 is 2.76 bits per heavy atom. The summed E-state index contributed by atoms with van der Waals surface area (Å²) in [5.74, 6) is 1.74. The second-order valence-electron chi connectivity index (χ2n) is 5.38. The van der Waals surface area contributed by atoms with E-state index < -0.39 is 0 Å². The van der Waals surface area contributed by atoms with Crippen LogP contribution in [-0.4, -0.2) is 22.6 Å². The topological polar surface area (TPSA) is 47.0 Å². The molecule has 1 aromatic heterocycles. The molecule has 0 radical (unpaired) electrons. The molecule has 1 aromatic carbocycles. The fourth-order valence-corrected chi connectivity index (χ4v) is 2.25. The average molecular weight is 283 g/mol. The van der Waals surface area contributed by atoms with Crippen LogP contribution in [-0.2, 0) is 0 Å². The maximum atomic E-state index is 5.89. The van der Waals surface area contributed by atoms with Crippen molar-refractivity contribution in [1.82, 2.24) is 15.3 Å². The smallest absolute Gasteiger partial charge is 0.149 e. The summed E-state index contributed by atoms with van der Waals surface area (Å²) in [7, 11) is 0. The number of nitrogens with zero attached hydrogens (tertiary/aromatic N) is 2. The lowest BCUT2D eigenvalue weighted by Crippen LogP contribution is -2.25. The second-order valence-corrected chi connectivity index (χ2v) is 5.38. The summed E-state index contributed by atoms with van der Waals surface area (Å²) in [5, 5.41) is 3.52. The van der Waals surface area contributed by atoms with Gasteiger partial charge in [0.2, 0.25) is 0 Å². The lowest BCUT2D eigenvalue weighted by Gasteiger charge is -2.18. The minimum Gasteiger partial charge on any atom is -0.490 e. The Hall–Kier alpha value is -1.94. The van der Waals surface area contributed by atoms with E-state index in [1.54, 1.807) is 12.4 Å². The Bertz CT molecular complexity index is 569. The van der Waals surface area contributed by atoms with Crippen LogP contribution in [0, 0.1) is 0 Å². The van der Waals surface area contributed by atoms with E-state index in [1.807, 2.05) is 18.2 Å². The summed E-state index contributed by atoms with van der Waals surface area (Å²) in [5.41, 5.74) is 1.15. The van der Waals surface area contributed by atoms with E-state index in [0.717, 1.165) is 30.1 Å². The Labute approximate surface area is 125 Å². The zero-order chi connectivity index (χ0) is 14.5. The maximum Gasteiger partial charge on any atom is 0.149 e. The van der Waals surface area contributed by atoms with Crippen molar-refractivity contribution in [2.45, 2.75) is 38.3 Å². The quantitative estimate of drug-likeness (QED) is 0.848. The molecule has 1 unspecified atom stereocenters. The first-order chi connectivity index (χ1) is 10.4. The maximum absolute atomic E-state index is 5.89. The molecule has 0 bridgehead atoms. The zero-order valence-corrected chi connectivity index (χ0v) is 12.3. The highest BCUT2D eigenvalue weighted by molar-refractivity contribution is 5.33. The third kappa shape index (κ3) is 3.79. The molecule has 1 N–H and O–H groups in total. The molecular weight excluding hydrogens is 262 g/mol. The highest BCUT2D eigenvalue weighted by Crippen LogP contribution is 2.29. The fraction of sp³-hybridized carbons (Fsp3) is 0.412. The number of rotatable bonds is 7. The van der Waals surface area contributed by atoms with Gasteiger partial charge in [-0.1, -0.05) is 19.1 Å². The summed E-state index contributed by atoms with van der Waals surface area (Å²) >= 11 is 0. The summed E-state index contributed by atoms with van der Waals surface area (Å²) < 4.78 is 5.89. The minimum atomic E-state index is 0.00824. The molecule has 1 heterocycles. The van der Waals surface area contributed by atoms with Gasteiger partial charge >= 0.3 is 0 Å². The monoisotopic (exact) mass is 283 g/mol. The molecule has 1 atom stereocenters. The summed E-state index contributed by atoms with van der Waals surface area (Å²) in [6, 6.07) is 10.1. The molecule has 1 aliphatic rings. The highest BCUT2D eigenvalue weighted by Gasteiger charge is 2.24. The molecule has 110 valence electrons. The van der Waals surface area contributed by atoms with E-state index in [1.165, 1.54) is 12.8 Å². The predicted molar refractivity (Wildman–Crippen MR) is 82.3 cm³/mol. The van der Waals surface area contributed by atoms with Gasteiger partial charge in [0.05, 0.1) is 12.1 Å². The molecular formula is C17H21N3O. The van der Waals surface area contributed by atoms with E-state index in [0.29, 0.717) is 6.10 Å². The first kappa shape index (κ1) is 14.0. The van der Waals surface area contributed by atoms with Crippen molar-refractivity contribution in [2.24, 2.45) is 0 Å². The standard InChI is InChI=1S/C17H21N3O/c1-2-9-18-16(17-19-10-4-11-20-17)13-5-3-6-15(12-13)21-14-7-8-14/h3-6,10-12,14,16,18H,2,7-9H2,1H3. The molecule has 3 rings (SSSR count). The normalized spacial score (nSPS) is 15.7. The third-order valence-corrected chi connectivity index (χ3v) is 3.46. The molecule has 4 heteroatoms. The van der Waals surface area contributed by atoms with Crippen LogP contribution in [0.4, 0.5) is 0 Å². The molecule has 1 saturated carbocycles. The lowest BCUT2D eigenvalue weighted by molar-refractivity contribution is 0.302. The van der Waals surface area contributed by atoms with Crippen LogP contribution in [0.15, 0.2) is 42.7 Å². The first-order valence-corrected chi connectivity index (χ1v) is 7.63. The minimum absolute atomic E-state index is 0.00824. The van der Waals surface area contributed by atoms with Crippen LogP contribution in [0.2, 0.25) is 0 Å². The van der Waals surface area contributed by atoms with Gasteiger partial charge in [0.1, 0.15) is 11.6 Å². The summed E-state index contributed by atoms with van der Waals surface area (Å²) in [4.78, 5) is 8.79. The van der Waals surface area contributed by atoms with E-state index >= 15 is 0 Å². The van der Waals surface area contributed by atoms with Gasteiger partial charge in [0.15, 0.2) is 0 Å². The molecule has 2 aromatic rings. The molecule has 1 fully saturated rings. The van der Waals surface area contributed by atoms with Crippen molar-refractivity contribution < 1.29 is 4.74 Å². The van der Waals surface area contributed by atoms with Crippen molar-refractivity contribution in [3.8, 4) is 5.75 Å². The van der Waals surface area contributed by atoms with Gasteiger partial charge in [-0.05, 0) is 49.6 Å². The number of hydrogen-bond donors (Lipinski definition) is 1.